The number of esters is 1. The Bertz CT molecular complexity index is 471. The van der Waals surface area contributed by atoms with Crippen molar-refractivity contribution in [3.63, 3.8) is 0 Å². The summed E-state index contributed by atoms with van der Waals surface area (Å²) in [6.45, 7) is 0. The number of anilines is 1. The highest BCUT2D eigenvalue weighted by atomic mass is 79.9. The van der Waals surface area contributed by atoms with E-state index in [1.54, 1.807) is 6.07 Å². The van der Waals surface area contributed by atoms with Crippen molar-refractivity contribution in [3.05, 3.63) is 22.8 Å². The Kier molecular flexibility index (Phi) is 4.25. The molecule has 0 aliphatic heterocycles. The van der Waals surface area contributed by atoms with Crippen molar-refractivity contribution in [3.8, 4) is 0 Å². The Balaban J connectivity index is 2.73. The van der Waals surface area contributed by atoms with Gasteiger partial charge in [0.15, 0.2) is 5.75 Å². The highest BCUT2D eigenvalue weighted by Crippen LogP contribution is 2.11. The number of ether oxygens (including phenoxy) is 1. The van der Waals surface area contributed by atoms with Gasteiger partial charge in [0.1, 0.15) is 5.82 Å². The fourth-order valence-corrected chi connectivity index (χ4v) is 2.02. The molecule has 88 valence electrons. The molecule has 6 nitrogen and oxygen atoms in total. The Morgan fingerprint density at radius 1 is 1.56 bits per heavy atom. The summed E-state index contributed by atoms with van der Waals surface area (Å²) in [6, 6.07) is 3.10. The van der Waals surface area contributed by atoms with Crippen LogP contribution in [0.3, 0.4) is 0 Å². The minimum atomic E-state index is -3.76. The summed E-state index contributed by atoms with van der Waals surface area (Å²) in [5.74, 6) is -1.42. The SMILES string of the molecule is COC(=O)CS(=O)(=O)Nc1ccc(Br)cn1. The van der Waals surface area contributed by atoms with E-state index in [9.17, 15) is 13.2 Å². The van der Waals surface area contributed by atoms with Gasteiger partial charge < -0.3 is 4.74 Å². The van der Waals surface area contributed by atoms with E-state index in [1.165, 1.54) is 12.3 Å². The molecule has 0 atom stereocenters. The van der Waals surface area contributed by atoms with E-state index in [4.69, 9.17) is 0 Å². The van der Waals surface area contributed by atoms with Gasteiger partial charge in [-0.25, -0.2) is 13.4 Å². The van der Waals surface area contributed by atoms with E-state index in [2.05, 4.69) is 30.4 Å². The lowest BCUT2D eigenvalue weighted by molar-refractivity contribution is -0.137. The maximum Gasteiger partial charge on any atom is 0.322 e. The molecule has 0 saturated carbocycles. The summed E-state index contributed by atoms with van der Waals surface area (Å²) in [7, 11) is -2.64. The Labute approximate surface area is 101 Å². The zero-order valence-electron chi connectivity index (χ0n) is 8.31. The minimum absolute atomic E-state index is 0.145. The molecule has 0 unspecified atom stereocenters. The Morgan fingerprint density at radius 3 is 2.75 bits per heavy atom. The lowest BCUT2D eigenvalue weighted by Crippen LogP contribution is -2.24. The molecule has 8 heteroatoms. The number of carbonyl (C=O) groups is 1. The third-order valence-electron chi connectivity index (χ3n) is 1.52. The van der Waals surface area contributed by atoms with Crippen LogP contribution in [-0.4, -0.2) is 32.2 Å². The molecule has 0 bridgehead atoms. The molecule has 1 rings (SSSR count). The highest BCUT2D eigenvalue weighted by Gasteiger charge is 2.17. The molecule has 1 aromatic rings. The first-order valence-corrected chi connectivity index (χ1v) is 6.56. The van der Waals surface area contributed by atoms with Gasteiger partial charge in [-0.2, -0.15) is 0 Å². The number of aromatic nitrogens is 1. The minimum Gasteiger partial charge on any atom is -0.468 e. The van der Waals surface area contributed by atoms with Gasteiger partial charge in [-0.3, -0.25) is 9.52 Å². The molecule has 0 fully saturated rings. The van der Waals surface area contributed by atoms with Crippen LogP contribution in [0.25, 0.3) is 0 Å². The normalized spacial score (nSPS) is 10.9. The van der Waals surface area contributed by atoms with Crippen LogP contribution in [0.15, 0.2) is 22.8 Å². The summed E-state index contributed by atoms with van der Waals surface area (Å²) < 4.78 is 29.9. The number of sulfonamides is 1. The van der Waals surface area contributed by atoms with Gasteiger partial charge in [0.25, 0.3) is 0 Å². The smallest absolute Gasteiger partial charge is 0.322 e. The van der Waals surface area contributed by atoms with Gasteiger partial charge in [-0.05, 0) is 28.1 Å². The van der Waals surface area contributed by atoms with Crippen molar-refractivity contribution >= 4 is 37.7 Å². The van der Waals surface area contributed by atoms with Gasteiger partial charge in [0, 0.05) is 10.7 Å². The number of carbonyl (C=O) groups excluding carboxylic acids is 1. The van der Waals surface area contributed by atoms with Gasteiger partial charge >= 0.3 is 5.97 Å². The molecule has 0 aromatic carbocycles. The summed E-state index contributed by atoms with van der Waals surface area (Å²) in [6.07, 6.45) is 1.44. The summed E-state index contributed by atoms with van der Waals surface area (Å²) in [5.41, 5.74) is 0. The molecule has 16 heavy (non-hydrogen) atoms. The van der Waals surface area contributed by atoms with Gasteiger partial charge in [-0.1, -0.05) is 0 Å². The van der Waals surface area contributed by atoms with Crippen LogP contribution in [-0.2, 0) is 19.6 Å². The van der Waals surface area contributed by atoms with E-state index in [0.29, 0.717) is 0 Å². The predicted octanol–water partition coefficient (Wildman–Crippen LogP) is 0.759. The van der Waals surface area contributed by atoms with E-state index in [0.717, 1.165) is 11.6 Å². The molecule has 1 aromatic heterocycles. The van der Waals surface area contributed by atoms with Gasteiger partial charge in [0.2, 0.25) is 10.0 Å². The average molecular weight is 309 g/mol. The van der Waals surface area contributed by atoms with E-state index in [1.807, 2.05) is 0 Å². The molecule has 0 spiro atoms. The molecule has 0 amide bonds. The maximum atomic E-state index is 11.4. The predicted molar refractivity (Wildman–Crippen MR) is 61.4 cm³/mol. The Morgan fingerprint density at radius 2 is 2.25 bits per heavy atom. The number of pyridine rings is 1. The monoisotopic (exact) mass is 308 g/mol. The van der Waals surface area contributed by atoms with Crippen molar-refractivity contribution in [2.75, 3.05) is 17.6 Å². The molecule has 0 aliphatic rings. The average Bonchev–Trinajstić information content (AvgIpc) is 2.20. The van der Waals surface area contributed by atoms with Crippen molar-refractivity contribution in [2.24, 2.45) is 0 Å². The first-order valence-electron chi connectivity index (χ1n) is 4.12. The number of nitrogens with zero attached hydrogens (tertiary/aromatic N) is 1. The standard InChI is InChI=1S/C8H9BrN2O4S/c1-15-8(12)5-16(13,14)11-7-3-2-6(9)4-10-7/h2-4H,5H2,1H3,(H,10,11). The number of hydrogen-bond donors (Lipinski definition) is 1. The molecule has 0 aliphatic carbocycles. The topological polar surface area (TPSA) is 85.4 Å². The first-order chi connectivity index (χ1) is 7.43. The van der Waals surface area contributed by atoms with Crippen LogP contribution < -0.4 is 4.72 Å². The van der Waals surface area contributed by atoms with Gasteiger partial charge in [-0.15, -0.1) is 0 Å². The quantitative estimate of drug-likeness (QED) is 0.830. The van der Waals surface area contributed by atoms with Crippen LogP contribution in [0.1, 0.15) is 0 Å². The molecule has 0 radical (unpaired) electrons. The van der Waals surface area contributed by atoms with Crippen LogP contribution in [0.2, 0.25) is 0 Å². The summed E-state index contributed by atoms with van der Waals surface area (Å²) in [5, 5.41) is 0. The molecule has 1 heterocycles. The third kappa shape index (κ3) is 4.15. The largest absolute Gasteiger partial charge is 0.468 e. The Hall–Kier alpha value is -1.15. The van der Waals surface area contributed by atoms with Crippen molar-refractivity contribution in [2.45, 2.75) is 0 Å². The second-order valence-electron chi connectivity index (χ2n) is 2.80. The van der Waals surface area contributed by atoms with Crippen LogP contribution >= 0.6 is 15.9 Å². The summed E-state index contributed by atoms with van der Waals surface area (Å²) in [4.78, 5) is 14.6. The molecular weight excluding hydrogens is 300 g/mol. The fourth-order valence-electron chi connectivity index (χ4n) is 0.846. The molecular formula is C8H9BrN2O4S. The third-order valence-corrected chi connectivity index (χ3v) is 3.13. The second-order valence-corrected chi connectivity index (χ2v) is 5.44. The molecule has 1 N–H and O–H groups in total. The lowest BCUT2D eigenvalue weighted by atomic mass is 10.5. The first kappa shape index (κ1) is 12.9. The fraction of sp³-hybridized carbons (Fsp3) is 0.250. The number of halogens is 1. The second kappa shape index (κ2) is 5.26. The number of nitrogens with one attached hydrogen (secondary N) is 1. The number of hydrogen-bond acceptors (Lipinski definition) is 5. The van der Waals surface area contributed by atoms with E-state index < -0.39 is 21.7 Å². The number of rotatable bonds is 4. The van der Waals surface area contributed by atoms with Crippen molar-refractivity contribution in [1.82, 2.24) is 4.98 Å². The zero-order chi connectivity index (χ0) is 12.2. The number of methoxy groups -OCH3 is 1. The van der Waals surface area contributed by atoms with Crippen LogP contribution in [0.5, 0.6) is 0 Å². The van der Waals surface area contributed by atoms with Crippen LogP contribution in [0.4, 0.5) is 5.82 Å². The lowest BCUT2D eigenvalue weighted by Gasteiger charge is -2.05. The van der Waals surface area contributed by atoms with Crippen molar-refractivity contribution < 1.29 is 17.9 Å². The van der Waals surface area contributed by atoms with Crippen LogP contribution in [0, 0.1) is 0 Å². The zero-order valence-corrected chi connectivity index (χ0v) is 10.7. The highest BCUT2D eigenvalue weighted by molar-refractivity contribution is 9.10. The molecule has 0 saturated heterocycles. The van der Waals surface area contributed by atoms with Crippen molar-refractivity contribution in [1.29, 1.82) is 0 Å². The maximum absolute atomic E-state index is 11.4. The van der Waals surface area contributed by atoms with E-state index in [-0.39, 0.29) is 5.82 Å². The van der Waals surface area contributed by atoms with Gasteiger partial charge in [0.05, 0.1) is 7.11 Å². The van der Waals surface area contributed by atoms with E-state index >= 15 is 0 Å². The summed E-state index contributed by atoms with van der Waals surface area (Å²) >= 11 is 3.16.